The molecule has 0 aliphatic rings. The Labute approximate surface area is 119 Å². The number of fused-ring (bicyclic) bond motifs is 1. The number of likely N-dealkylation sites (N-methyl/N-ethyl adjacent to an activating group) is 2. The Morgan fingerprint density at radius 1 is 1.25 bits per heavy atom. The Morgan fingerprint density at radius 2 is 1.95 bits per heavy atom. The molecule has 0 spiro atoms. The van der Waals surface area contributed by atoms with Gasteiger partial charge in [0.1, 0.15) is 0 Å². The van der Waals surface area contributed by atoms with Crippen LogP contribution in [0, 0.1) is 0 Å². The Hall–Kier alpha value is -2.01. The zero-order valence-electron chi connectivity index (χ0n) is 12.6. The number of hydrogen-bond donors (Lipinski definition) is 1. The Morgan fingerprint density at radius 3 is 2.60 bits per heavy atom. The molecule has 20 heavy (non-hydrogen) atoms. The molecule has 2 rings (SSSR count). The van der Waals surface area contributed by atoms with Gasteiger partial charge in [-0.2, -0.15) is 0 Å². The van der Waals surface area contributed by atoms with Gasteiger partial charge in [0, 0.05) is 44.5 Å². The van der Waals surface area contributed by atoms with E-state index < -0.39 is 0 Å². The minimum Gasteiger partial charge on any atom is -0.398 e. The highest BCUT2D eigenvalue weighted by molar-refractivity contribution is 6.11. The molecule has 5 heteroatoms. The Kier molecular flexibility index (Phi) is 3.99. The van der Waals surface area contributed by atoms with Crippen LogP contribution in [0.25, 0.3) is 10.9 Å². The van der Waals surface area contributed by atoms with Crippen molar-refractivity contribution in [3.05, 3.63) is 30.0 Å². The van der Waals surface area contributed by atoms with Crippen LogP contribution < -0.4 is 5.73 Å². The summed E-state index contributed by atoms with van der Waals surface area (Å²) in [6.45, 7) is 1.53. The number of hydrogen-bond acceptors (Lipinski definition) is 3. The van der Waals surface area contributed by atoms with Crippen molar-refractivity contribution in [3.63, 3.8) is 0 Å². The van der Waals surface area contributed by atoms with Gasteiger partial charge in [0.2, 0.25) is 0 Å². The summed E-state index contributed by atoms with van der Waals surface area (Å²) in [5.41, 5.74) is 8.33. The molecule has 108 valence electrons. The lowest BCUT2D eigenvalue weighted by Crippen LogP contribution is -2.33. The van der Waals surface area contributed by atoms with Crippen molar-refractivity contribution in [3.8, 4) is 0 Å². The van der Waals surface area contributed by atoms with Gasteiger partial charge in [-0.3, -0.25) is 4.79 Å². The van der Waals surface area contributed by atoms with Gasteiger partial charge in [0.15, 0.2) is 0 Å². The van der Waals surface area contributed by atoms with E-state index >= 15 is 0 Å². The number of nitrogen functional groups attached to an aromatic ring is 1. The van der Waals surface area contributed by atoms with Gasteiger partial charge >= 0.3 is 0 Å². The number of carbonyl (C=O) groups excluding carboxylic acids is 1. The van der Waals surface area contributed by atoms with Gasteiger partial charge < -0.3 is 20.1 Å². The van der Waals surface area contributed by atoms with E-state index in [-0.39, 0.29) is 5.91 Å². The molecule has 2 N–H and O–H groups in total. The molecule has 5 nitrogen and oxygen atoms in total. The lowest BCUT2D eigenvalue weighted by atomic mass is 10.1. The topological polar surface area (TPSA) is 54.5 Å². The fraction of sp³-hybridized carbons (Fsp3) is 0.400. The lowest BCUT2D eigenvalue weighted by molar-refractivity contribution is 0.0788. The second-order valence-corrected chi connectivity index (χ2v) is 5.43. The molecule has 1 aromatic carbocycles. The summed E-state index contributed by atoms with van der Waals surface area (Å²) >= 11 is 0. The third kappa shape index (κ3) is 2.63. The second-order valence-electron chi connectivity index (χ2n) is 5.43. The van der Waals surface area contributed by atoms with E-state index in [9.17, 15) is 4.79 Å². The summed E-state index contributed by atoms with van der Waals surface area (Å²) in [5.74, 6) is 0.00958. The number of amides is 1. The van der Waals surface area contributed by atoms with Crippen LogP contribution in [0.5, 0.6) is 0 Å². The summed E-state index contributed by atoms with van der Waals surface area (Å²) in [6.07, 6.45) is 1.86. The zero-order valence-corrected chi connectivity index (χ0v) is 12.6. The number of nitrogens with zero attached hydrogens (tertiary/aromatic N) is 3. The highest BCUT2D eigenvalue weighted by Gasteiger charge is 2.19. The van der Waals surface area contributed by atoms with Crippen molar-refractivity contribution in [1.82, 2.24) is 14.4 Å². The van der Waals surface area contributed by atoms with Gasteiger partial charge in [0.25, 0.3) is 5.91 Å². The van der Waals surface area contributed by atoms with Gasteiger partial charge in [-0.05, 0) is 26.2 Å². The van der Waals surface area contributed by atoms with Crippen LogP contribution in [-0.4, -0.2) is 54.5 Å². The maximum atomic E-state index is 12.6. The van der Waals surface area contributed by atoms with Crippen molar-refractivity contribution in [1.29, 1.82) is 0 Å². The standard InChI is InChI=1S/C15H22N4O/c1-17(2)8-9-18(3)15(20)11-10-19(4)13-7-5-6-12(16)14(11)13/h5-7,10H,8-9,16H2,1-4H3. The lowest BCUT2D eigenvalue weighted by Gasteiger charge is -2.19. The fourth-order valence-corrected chi connectivity index (χ4v) is 2.29. The molecule has 0 bridgehead atoms. The molecular formula is C15H22N4O. The molecule has 1 heterocycles. The molecule has 0 aliphatic carbocycles. The first-order valence-electron chi connectivity index (χ1n) is 6.65. The largest absolute Gasteiger partial charge is 0.398 e. The minimum absolute atomic E-state index is 0.00958. The number of benzene rings is 1. The summed E-state index contributed by atoms with van der Waals surface area (Å²) in [6, 6.07) is 5.71. The number of aromatic nitrogens is 1. The monoisotopic (exact) mass is 274 g/mol. The van der Waals surface area contributed by atoms with Gasteiger partial charge in [-0.15, -0.1) is 0 Å². The Bertz CT molecular complexity index is 630. The zero-order chi connectivity index (χ0) is 14.9. The van der Waals surface area contributed by atoms with Gasteiger partial charge in [-0.25, -0.2) is 0 Å². The van der Waals surface area contributed by atoms with Gasteiger partial charge in [0.05, 0.1) is 11.1 Å². The normalized spacial score (nSPS) is 11.2. The minimum atomic E-state index is 0.00958. The summed E-state index contributed by atoms with van der Waals surface area (Å²) < 4.78 is 1.94. The quantitative estimate of drug-likeness (QED) is 0.857. The van der Waals surface area contributed by atoms with E-state index in [4.69, 9.17) is 5.73 Å². The molecule has 0 fully saturated rings. The summed E-state index contributed by atoms with van der Waals surface area (Å²) in [5, 5.41) is 0.844. The molecule has 0 radical (unpaired) electrons. The highest BCUT2D eigenvalue weighted by atomic mass is 16.2. The van der Waals surface area contributed by atoms with Crippen LogP contribution in [0.2, 0.25) is 0 Å². The molecule has 1 amide bonds. The SMILES string of the molecule is CN(C)CCN(C)C(=O)c1cn(C)c2cccc(N)c12. The van der Waals surface area contributed by atoms with Crippen LogP contribution in [0.15, 0.2) is 24.4 Å². The van der Waals surface area contributed by atoms with Crippen molar-refractivity contribution in [2.75, 3.05) is 40.0 Å². The van der Waals surface area contributed by atoms with Crippen molar-refractivity contribution in [2.24, 2.45) is 7.05 Å². The first-order chi connectivity index (χ1) is 9.41. The maximum Gasteiger partial charge on any atom is 0.255 e. The number of anilines is 1. The number of aryl methyl sites for hydroxylation is 1. The number of nitrogens with two attached hydrogens (primary N) is 1. The first-order valence-corrected chi connectivity index (χ1v) is 6.65. The Balaban J connectivity index is 2.35. The molecular weight excluding hydrogens is 252 g/mol. The average molecular weight is 274 g/mol. The van der Waals surface area contributed by atoms with Crippen molar-refractivity contribution in [2.45, 2.75) is 0 Å². The summed E-state index contributed by atoms with van der Waals surface area (Å²) in [4.78, 5) is 16.4. The first kappa shape index (κ1) is 14.4. The molecule has 0 atom stereocenters. The van der Waals surface area contributed by atoms with E-state index in [1.807, 2.05) is 57.2 Å². The third-order valence-corrected chi connectivity index (χ3v) is 3.51. The van der Waals surface area contributed by atoms with E-state index in [1.165, 1.54) is 0 Å². The number of rotatable bonds is 4. The average Bonchev–Trinajstić information content (AvgIpc) is 2.74. The second kappa shape index (κ2) is 5.54. The molecule has 0 aliphatic heterocycles. The molecule has 2 aromatic rings. The molecule has 0 saturated heterocycles. The van der Waals surface area contributed by atoms with E-state index in [1.54, 1.807) is 4.90 Å². The van der Waals surface area contributed by atoms with Crippen LogP contribution in [0.1, 0.15) is 10.4 Å². The van der Waals surface area contributed by atoms with E-state index in [0.717, 1.165) is 17.4 Å². The molecule has 0 unspecified atom stereocenters. The van der Waals surface area contributed by atoms with Crippen molar-refractivity contribution >= 4 is 22.5 Å². The van der Waals surface area contributed by atoms with Crippen LogP contribution >= 0.6 is 0 Å². The van der Waals surface area contributed by atoms with E-state index in [2.05, 4.69) is 4.90 Å². The van der Waals surface area contributed by atoms with Crippen molar-refractivity contribution < 1.29 is 4.79 Å². The van der Waals surface area contributed by atoms with Crippen LogP contribution in [0.3, 0.4) is 0 Å². The van der Waals surface area contributed by atoms with Crippen LogP contribution in [-0.2, 0) is 7.05 Å². The fourth-order valence-electron chi connectivity index (χ4n) is 2.29. The summed E-state index contributed by atoms with van der Waals surface area (Å²) in [7, 11) is 7.74. The maximum absolute atomic E-state index is 12.6. The molecule has 0 saturated carbocycles. The highest BCUT2D eigenvalue weighted by Crippen LogP contribution is 2.27. The van der Waals surface area contributed by atoms with Gasteiger partial charge in [-0.1, -0.05) is 6.07 Å². The smallest absolute Gasteiger partial charge is 0.255 e. The van der Waals surface area contributed by atoms with E-state index in [0.29, 0.717) is 17.8 Å². The predicted molar refractivity (Wildman–Crippen MR) is 82.8 cm³/mol. The third-order valence-electron chi connectivity index (χ3n) is 3.51. The number of carbonyl (C=O) groups is 1. The van der Waals surface area contributed by atoms with Crippen LogP contribution in [0.4, 0.5) is 5.69 Å². The predicted octanol–water partition coefficient (Wildman–Crippen LogP) is 1.39. The molecule has 1 aromatic heterocycles.